The molecule has 1 rings (SSSR count). The first-order valence-corrected chi connectivity index (χ1v) is 6.82. The van der Waals surface area contributed by atoms with Crippen LogP contribution in [0.1, 0.15) is 69.1 Å². The Kier molecular flexibility index (Phi) is 5.59. The summed E-state index contributed by atoms with van der Waals surface area (Å²) in [7, 11) is 0. The van der Waals surface area contributed by atoms with Crippen LogP contribution < -0.4 is 0 Å². The molecular formula is C16H26. The van der Waals surface area contributed by atoms with Crippen molar-refractivity contribution in [3.05, 3.63) is 34.9 Å². The molecule has 0 unspecified atom stereocenters. The Morgan fingerprint density at radius 2 is 1.62 bits per heavy atom. The van der Waals surface area contributed by atoms with Crippen LogP contribution in [0, 0.1) is 6.92 Å². The summed E-state index contributed by atoms with van der Waals surface area (Å²) in [5.41, 5.74) is 4.53. The molecule has 0 radical (unpaired) electrons. The van der Waals surface area contributed by atoms with Gasteiger partial charge < -0.3 is 0 Å². The number of aryl methyl sites for hydroxylation is 2. The minimum Gasteiger partial charge on any atom is -0.0654 e. The Morgan fingerprint density at radius 3 is 2.12 bits per heavy atom. The van der Waals surface area contributed by atoms with Crippen LogP contribution in [0.5, 0.6) is 0 Å². The van der Waals surface area contributed by atoms with Crippen molar-refractivity contribution in [1.29, 1.82) is 0 Å². The van der Waals surface area contributed by atoms with Gasteiger partial charge in [0.2, 0.25) is 0 Å². The first-order chi connectivity index (χ1) is 7.72. The Morgan fingerprint density at radius 1 is 1.00 bits per heavy atom. The third kappa shape index (κ3) is 3.37. The Bertz CT molecular complexity index is 306. The van der Waals surface area contributed by atoms with Crippen molar-refractivity contribution < 1.29 is 0 Å². The summed E-state index contributed by atoms with van der Waals surface area (Å²) in [6.45, 7) is 9.05. The molecule has 16 heavy (non-hydrogen) atoms. The molecule has 1 aromatic rings. The highest BCUT2D eigenvalue weighted by atomic mass is 14.2. The molecule has 0 aromatic heterocycles. The van der Waals surface area contributed by atoms with E-state index in [1.165, 1.54) is 36.8 Å². The van der Waals surface area contributed by atoms with Crippen molar-refractivity contribution >= 4 is 0 Å². The quantitative estimate of drug-likeness (QED) is 0.612. The maximum atomic E-state index is 2.44. The number of hydrogen-bond acceptors (Lipinski definition) is 0. The topological polar surface area (TPSA) is 0 Å². The zero-order valence-electron chi connectivity index (χ0n) is 11.3. The lowest BCUT2D eigenvalue weighted by Gasteiger charge is -2.17. The van der Waals surface area contributed by atoms with Gasteiger partial charge in [0.1, 0.15) is 0 Å². The van der Waals surface area contributed by atoms with Gasteiger partial charge in [-0.3, -0.25) is 0 Å². The van der Waals surface area contributed by atoms with E-state index >= 15 is 0 Å². The minimum absolute atomic E-state index is 0.779. The predicted molar refractivity (Wildman–Crippen MR) is 73.1 cm³/mol. The van der Waals surface area contributed by atoms with Crippen molar-refractivity contribution in [1.82, 2.24) is 0 Å². The van der Waals surface area contributed by atoms with Gasteiger partial charge in [-0.05, 0) is 48.8 Å². The van der Waals surface area contributed by atoms with Crippen LogP contribution in [0.15, 0.2) is 18.2 Å². The van der Waals surface area contributed by atoms with E-state index < -0.39 is 0 Å². The van der Waals surface area contributed by atoms with E-state index in [1.807, 2.05) is 0 Å². The zero-order chi connectivity index (χ0) is 12.0. The van der Waals surface area contributed by atoms with Crippen LogP contribution in [-0.4, -0.2) is 0 Å². The lowest BCUT2D eigenvalue weighted by Crippen LogP contribution is -2.00. The normalized spacial score (nSPS) is 11.1. The van der Waals surface area contributed by atoms with Gasteiger partial charge in [-0.25, -0.2) is 0 Å². The van der Waals surface area contributed by atoms with Crippen molar-refractivity contribution in [3.8, 4) is 0 Å². The van der Waals surface area contributed by atoms with Gasteiger partial charge in [0, 0.05) is 0 Å². The van der Waals surface area contributed by atoms with Gasteiger partial charge in [0.05, 0.1) is 0 Å². The second kappa shape index (κ2) is 6.73. The van der Waals surface area contributed by atoms with Gasteiger partial charge >= 0.3 is 0 Å². The molecule has 0 spiro atoms. The van der Waals surface area contributed by atoms with Gasteiger partial charge in [-0.15, -0.1) is 0 Å². The summed E-state index contributed by atoms with van der Waals surface area (Å²) in [4.78, 5) is 0. The highest BCUT2D eigenvalue weighted by molar-refractivity contribution is 5.33. The molecule has 0 bridgehead atoms. The SMILES string of the molecule is CCCC(CCC)c1ccc(C)c(CC)c1. The molecule has 0 heterocycles. The molecule has 0 nitrogen and oxygen atoms in total. The molecule has 0 heteroatoms. The molecule has 1 aromatic carbocycles. The second-order valence-electron chi connectivity index (χ2n) is 4.81. The largest absolute Gasteiger partial charge is 0.0654 e. The van der Waals surface area contributed by atoms with E-state index in [-0.39, 0.29) is 0 Å². The molecule has 0 saturated heterocycles. The van der Waals surface area contributed by atoms with E-state index in [0.29, 0.717) is 0 Å². The third-order valence-electron chi connectivity index (χ3n) is 3.50. The molecule has 0 N–H and O–H groups in total. The average Bonchev–Trinajstić information content (AvgIpc) is 2.29. The molecule has 90 valence electrons. The van der Waals surface area contributed by atoms with Crippen molar-refractivity contribution in [2.45, 2.75) is 65.7 Å². The highest BCUT2D eigenvalue weighted by Gasteiger charge is 2.10. The van der Waals surface area contributed by atoms with Crippen LogP contribution in [0.2, 0.25) is 0 Å². The summed E-state index contributed by atoms with van der Waals surface area (Å²) in [5, 5.41) is 0. The van der Waals surface area contributed by atoms with Gasteiger partial charge in [0.15, 0.2) is 0 Å². The summed E-state index contributed by atoms with van der Waals surface area (Å²) in [6, 6.07) is 7.07. The average molecular weight is 218 g/mol. The number of benzene rings is 1. The van der Waals surface area contributed by atoms with Crippen LogP contribution in [0.25, 0.3) is 0 Å². The Hall–Kier alpha value is -0.780. The van der Waals surface area contributed by atoms with Crippen LogP contribution in [0.4, 0.5) is 0 Å². The second-order valence-corrected chi connectivity index (χ2v) is 4.81. The summed E-state index contributed by atoms with van der Waals surface area (Å²) < 4.78 is 0. The lowest BCUT2D eigenvalue weighted by molar-refractivity contribution is 0.560. The molecule has 0 aliphatic heterocycles. The third-order valence-corrected chi connectivity index (χ3v) is 3.50. The number of rotatable bonds is 6. The minimum atomic E-state index is 0.779. The fourth-order valence-corrected chi connectivity index (χ4v) is 2.50. The van der Waals surface area contributed by atoms with Crippen LogP contribution in [-0.2, 0) is 6.42 Å². The van der Waals surface area contributed by atoms with Gasteiger partial charge in [0.25, 0.3) is 0 Å². The molecule has 0 saturated carbocycles. The summed E-state index contributed by atoms with van der Waals surface area (Å²) in [6.07, 6.45) is 6.41. The van der Waals surface area contributed by atoms with E-state index in [4.69, 9.17) is 0 Å². The fourth-order valence-electron chi connectivity index (χ4n) is 2.50. The maximum absolute atomic E-state index is 2.44. The standard InChI is InChI=1S/C16H26/c1-5-8-15(9-6-2)16-11-10-13(4)14(7-3)12-16/h10-12,15H,5-9H2,1-4H3. The van der Waals surface area contributed by atoms with E-state index in [9.17, 15) is 0 Å². The molecule has 0 fully saturated rings. The first kappa shape index (κ1) is 13.3. The zero-order valence-corrected chi connectivity index (χ0v) is 11.3. The molecule has 0 amide bonds. The fraction of sp³-hybridized carbons (Fsp3) is 0.625. The molecule has 0 aliphatic carbocycles. The Labute approximate surface area is 101 Å². The van der Waals surface area contributed by atoms with Gasteiger partial charge in [-0.1, -0.05) is 51.8 Å². The Balaban J connectivity index is 2.90. The van der Waals surface area contributed by atoms with E-state index in [1.54, 1.807) is 5.56 Å². The smallest absolute Gasteiger partial charge is 0.0162 e. The van der Waals surface area contributed by atoms with Crippen LogP contribution in [0.3, 0.4) is 0 Å². The van der Waals surface area contributed by atoms with Crippen molar-refractivity contribution in [2.24, 2.45) is 0 Å². The van der Waals surface area contributed by atoms with E-state index in [2.05, 4.69) is 45.9 Å². The highest BCUT2D eigenvalue weighted by Crippen LogP contribution is 2.28. The number of hydrogen-bond donors (Lipinski definition) is 0. The van der Waals surface area contributed by atoms with Crippen LogP contribution >= 0.6 is 0 Å². The lowest BCUT2D eigenvalue weighted by atomic mass is 9.88. The monoisotopic (exact) mass is 218 g/mol. The molecule has 0 aliphatic rings. The molecular weight excluding hydrogens is 192 g/mol. The predicted octanol–water partition coefficient (Wildman–Crippen LogP) is 5.24. The van der Waals surface area contributed by atoms with Gasteiger partial charge in [-0.2, -0.15) is 0 Å². The maximum Gasteiger partial charge on any atom is -0.0162 e. The molecule has 0 atom stereocenters. The van der Waals surface area contributed by atoms with Crippen molar-refractivity contribution in [2.75, 3.05) is 0 Å². The van der Waals surface area contributed by atoms with Crippen molar-refractivity contribution in [3.63, 3.8) is 0 Å². The summed E-state index contributed by atoms with van der Waals surface area (Å²) >= 11 is 0. The summed E-state index contributed by atoms with van der Waals surface area (Å²) in [5.74, 6) is 0.779. The van der Waals surface area contributed by atoms with E-state index in [0.717, 1.165) is 12.3 Å². The first-order valence-electron chi connectivity index (χ1n) is 6.82.